The number of allylic oxidation sites excluding steroid dienone is 1. The lowest BCUT2D eigenvalue weighted by molar-refractivity contribution is -0.538. The quantitative estimate of drug-likeness (QED) is 0.211. The number of para-hydroxylation sites is 2. The maximum atomic E-state index is 13.7. The summed E-state index contributed by atoms with van der Waals surface area (Å²) >= 11 is 0. The van der Waals surface area contributed by atoms with E-state index in [1.54, 1.807) is 83.1 Å². The van der Waals surface area contributed by atoms with Gasteiger partial charge in [-0.2, -0.15) is 0 Å². The van der Waals surface area contributed by atoms with Crippen molar-refractivity contribution in [1.29, 1.82) is 0 Å². The van der Waals surface area contributed by atoms with E-state index in [9.17, 15) is 24.5 Å². The van der Waals surface area contributed by atoms with Crippen LogP contribution in [-0.4, -0.2) is 47.2 Å². The van der Waals surface area contributed by atoms with Crippen molar-refractivity contribution in [2.75, 3.05) is 11.5 Å². The number of rotatable bonds is 6. The summed E-state index contributed by atoms with van der Waals surface area (Å²) in [5.74, 6) is -1.40. The summed E-state index contributed by atoms with van der Waals surface area (Å²) in [6.07, 6.45) is -2.00. The van der Waals surface area contributed by atoms with Gasteiger partial charge in [0.25, 0.3) is 11.9 Å². The third kappa shape index (κ3) is 5.64. The zero-order valence-electron chi connectivity index (χ0n) is 22.6. The fraction of sp³-hybridized carbons (Fsp3) is 0.414. The molecule has 0 aromatic heterocycles. The Bertz CT molecular complexity index is 1340. The second kappa shape index (κ2) is 10.9. The molecule has 2 aromatic rings. The topological polar surface area (TPSA) is 125 Å². The first-order valence-corrected chi connectivity index (χ1v) is 12.8. The minimum Gasteiger partial charge on any atom is -0.482 e. The summed E-state index contributed by atoms with van der Waals surface area (Å²) in [7, 11) is 0. The van der Waals surface area contributed by atoms with Gasteiger partial charge in [0.05, 0.1) is 24.6 Å². The molecular formula is C29H32N2O8. The number of carbonyl (C=O) groups is 3. The highest BCUT2D eigenvalue weighted by atomic mass is 16.6. The highest BCUT2D eigenvalue weighted by Crippen LogP contribution is 2.45. The molecule has 0 unspecified atom stereocenters. The average molecular weight is 537 g/mol. The zero-order valence-corrected chi connectivity index (χ0v) is 22.6. The second-order valence-electron chi connectivity index (χ2n) is 10.6. The van der Waals surface area contributed by atoms with Crippen molar-refractivity contribution in [3.8, 4) is 5.75 Å². The van der Waals surface area contributed by atoms with Crippen molar-refractivity contribution in [2.45, 2.75) is 71.1 Å². The van der Waals surface area contributed by atoms with E-state index in [2.05, 4.69) is 0 Å². The van der Waals surface area contributed by atoms with Gasteiger partial charge < -0.3 is 14.2 Å². The Labute approximate surface area is 226 Å². The van der Waals surface area contributed by atoms with Crippen molar-refractivity contribution in [1.82, 2.24) is 0 Å². The van der Waals surface area contributed by atoms with Crippen LogP contribution in [0.15, 0.2) is 54.1 Å². The van der Waals surface area contributed by atoms with E-state index in [1.165, 1.54) is 0 Å². The van der Waals surface area contributed by atoms with E-state index < -0.39 is 46.6 Å². The van der Waals surface area contributed by atoms with Crippen LogP contribution in [0.1, 0.15) is 64.5 Å². The Morgan fingerprint density at radius 3 is 2.41 bits per heavy atom. The Morgan fingerprint density at radius 1 is 1.08 bits per heavy atom. The summed E-state index contributed by atoms with van der Waals surface area (Å²) < 4.78 is 16.5. The number of fused-ring (bicyclic) bond motifs is 2. The van der Waals surface area contributed by atoms with Crippen LogP contribution in [0.4, 0.5) is 10.5 Å². The van der Waals surface area contributed by atoms with Crippen molar-refractivity contribution in [2.24, 2.45) is 0 Å². The van der Waals surface area contributed by atoms with E-state index in [0.717, 1.165) is 4.90 Å². The minimum atomic E-state index is -1.27. The molecule has 0 fully saturated rings. The molecule has 2 aliphatic rings. The maximum absolute atomic E-state index is 13.7. The number of hydrogen-bond acceptors (Lipinski definition) is 8. The van der Waals surface area contributed by atoms with Crippen molar-refractivity contribution in [3.05, 3.63) is 75.3 Å². The number of anilines is 1. The summed E-state index contributed by atoms with van der Waals surface area (Å²) in [5, 5.41) is 12.4. The molecule has 0 aliphatic carbocycles. The highest BCUT2D eigenvalue weighted by molar-refractivity contribution is 6.39. The lowest BCUT2D eigenvalue weighted by atomic mass is 9.79. The van der Waals surface area contributed by atoms with Crippen LogP contribution in [0.5, 0.6) is 5.75 Å². The molecule has 3 atom stereocenters. The molecule has 0 saturated heterocycles. The molecule has 0 bridgehead atoms. The number of ether oxygens (including phenoxy) is 3. The van der Waals surface area contributed by atoms with Gasteiger partial charge in [-0.05, 0) is 53.2 Å². The van der Waals surface area contributed by atoms with Gasteiger partial charge in [0.1, 0.15) is 11.4 Å². The summed E-state index contributed by atoms with van der Waals surface area (Å²) in [6, 6.07) is 12.6. The molecule has 0 spiro atoms. The van der Waals surface area contributed by atoms with Gasteiger partial charge in [-0.15, -0.1) is 0 Å². The largest absolute Gasteiger partial charge is 0.482 e. The normalized spacial score (nSPS) is 21.4. The van der Waals surface area contributed by atoms with Crippen molar-refractivity contribution >= 4 is 29.2 Å². The number of esters is 1. The standard InChI is InChI=1S/C29H32N2O8/c1-6-37-24(32)16-23-26(31(35)36)20(18-11-8-10-14-22(18)38-23)15-17(2)25-19-12-7-9-13-21(19)30(27(25)33)28(34)39-29(3,4)5/h7-14,20,23,26H,6,15-16H2,1-5H3/b25-17+/t20-,23+,26+/m1/s1. The molecule has 0 saturated carbocycles. The Balaban J connectivity index is 1.76. The molecule has 206 valence electrons. The second-order valence-corrected chi connectivity index (χ2v) is 10.6. The van der Waals surface area contributed by atoms with E-state index >= 15 is 0 Å². The fourth-order valence-corrected chi connectivity index (χ4v) is 5.18. The van der Waals surface area contributed by atoms with Gasteiger partial charge in [0.15, 0.2) is 6.10 Å². The van der Waals surface area contributed by atoms with Gasteiger partial charge in [0.2, 0.25) is 0 Å². The molecule has 4 rings (SSSR count). The zero-order chi connectivity index (χ0) is 28.5. The molecule has 10 nitrogen and oxygen atoms in total. The third-order valence-electron chi connectivity index (χ3n) is 6.67. The highest BCUT2D eigenvalue weighted by Gasteiger charge is 2.48. The summed E-state index contributed by atoms with van der Waals surface area (Å²) in [5.41, 5.74) is 1.61. The molecule has 2 aromatic carbocycles. The Morgan fingerprint density at radius 2 is 1.74 bits per heavy atom. The predicted octanol–water partition coefficient (Wildman–Crippen LogP) is 5.28. The van der Waals surface area contributed by atoms with Crippen LogP contribution in [0.25, 0.3) is 5.57 Å². The summed E-state index contributed by atoms with van der Waals surface area (Å²) in [6.45, 7) is 8.69. The average Bonchev–Trinajstić information content (AvgIpc) is 3.14. The Hall–Kier alpha value is -4.21. The molecule has 2 aliphatic heterocycles. The number of imide groups is 1. The summed E-state index contributed by atoms with van der Waals surface area (Å²) in [4.78, 5) is 51.9. The van der Waals surface area contributed by atoms with Crippen molar-refractivity contribution < 1.29 is 33.5 Å². The molecule has 39 heavy (non-hydrogen) atoms. The maximum Gasteiger partial charge on any atom is 0.422 e. The molecule has 0 N–H and O–H groups in total. The van der Waals surface area contributed by atoms with Crippen LogP contribution in [0.2, 0.25) is 0 Å². The number of hydrogen-bond donors (Lipinski definition) is 0. The van der Waals surface area contributed by atoms with Crippen LogP contribution in [0.3, 0.4) is 0 Å². The van der Waals surface area contributed by atoms with Gasteiger partial charge in [-0.3, -0.25) is 19.7 Å². The molecule has 2 amide bonds. The van der Waals surface area contributed by atoms with Gasteiger partial charge >= 0.3 is 12.1 Å². The molecule has 0 radical (unpaired) electrons. The van der Waals surface area contributed by atoms with Crippen molar-refractivity contribution in [3.63, 3.8) is 0 Å². The number of nitrogens with zero attached hydrogens (tertiary/aromatic N) is 2. The van der Waals surface area contributed by atoms with Gasteiger partial charge in [0, 0.05) is 21.6 Å². The first-order valence-electron chi connectivity index (χ1n) is 12.8. The van der Waals surface area contributed by atoms with Gasteiger partial charge in [-0.1, -0.05) is 42.0 Å². The van der Waals surface area contributed by atoms with Crippen LogP contribution in [-0.2, 0) is 19.1 Å². The van der Waals surface area contributed by atoms with E-state index in [0.29, 0.717) is 33.7 Å². The number of nitro groups is 1. The third-order valence-corrected chi connectivity index (χ3v) is 6.67. The molecular weight excluding hydrogens is 504 g/mol. The molecule has 10 heteroatoms. The first-order chi connectivity index (χ1) is 18.4. The van der Waals surface area contributed by atoms with Gasteiger partial charge in [-0.25, -0.2) is 9.69 Å². The van der Waals surface area contributed by atoms with E-state index in [1.807, 2.05) is 0 Å². The first kappa shape index (κ1) is 27.8. The number of benzene rings is 2. The number of carbonyl (C=O) groups excluding carboxylic acids is 3. The van der Waals surface area contributed by atoms with Crippen LogP contribution >= 0.6 is 0 Å². The van der Waals surface area contributed by atoms with E-state index in [-0.39, 0.29) is 19.4 Å². The lowest BCUT2D eigenvalue weighted by Crippen LogP contribution is -2.47. The molecule has 2 heterocycles. The fourth-order valence-electron chi connectivity index (χ4n) is 5.18. The minimum absolute atomic E-state index is 0.128. The number of amides is 2. The van der Waals surface area contributed by atoms with E-state index in [4.69, 9.17) is 14.2 Å². The smallest absolute Gasteiger partial charge is 0.422 e. The van der Waals surface area contributed by atoms with Crippen LogP contribution < -0.4 is 9.64 Å². The SMILES string of the molecule is CCOC(=O)C[C@@H]1Oc2ccccc2[C@@H](C/C(C)=C2/C(=O)N(C(=O)OC(C)(C)C)c3ccccc32)[C@@H]1[N+](=O)[O-]. The Kier molecular flexibility index (Phi) is 7.76. The van der Waals surface area contributed by atoms with Crippen LogP contribution in [0, 0.1) is 10.1 Å². The monoisotopic (exact) mass is 536 g/mol. The predicted molar refractivity (Wildman–Crippen MR) is 143 cm³/mol. The lowest BCUT2D eigenvalue weighted by Gasteiger charge is -2.34.